The number of amides is 1. The van der Waals surface area contributed by atoms with Gasteiger partial charge in [-0.05, 0) is 59.0 Å². The standard InChI is InChI=1S/C25H24ClIN8O3/c1-32-31-19(25(38)28-9-17-24-23(27)16(26)6-7-33(24)13-29-17)12-35(32)20(8-22(36)37)18-11-34-10-15(14-2-3-14)4-5-21(34)30-18/h4-7,10-14,20,31H,2-3,8-9H2,1H3,(H,28,38)(H,36,37). The van der Waals surface area contributed by atoms with Crippen molar-refractivity contribution in [2.24, 2.45) is 0 Å². The third-order valence-corrected chi connectivity index (χ3v) is 8.52. The SMILES string of the molecule is CN1NC(C(=O)NCc2ncn3ccc(Cl)c(I)c23)=CN1C(CC(=O)O)c1cn2cc(C3CC3)ccc2n1. The molecule has 6 rings (SSSR count). The second-order valence-electron chi connectivity index (χ2n) is 9.45. The maximum absolute atomic E-state index is 13.1. The Kier molecular flexibility index (Phi) is 6.40. The molecule has 1 unspecified atom stereocenters. The number of nitrogens with one attached hydrogen (secondary N) is 2. The lowest BCUT2D eigenvalue weighted by molar-refractivity contribution is -0.140. The zero-order valence-electron chi connectivity index (χ0n) is 20.3. The van der Waals surface area contributed by atoms with Gasteiger partial charge in [-0.15, -0.1) is 5.12 Å². The fourth-order valence-electron chi connectivity index (χ4n) is 4.71. The number of carboxylic acid groups (broad SMARTS) is 1. The number of halogens is 2. The largest absolute Gasteiger partial charge is 0.481 e. The number of pyridine rings is 2. The fourth-order valence-corrected chi connectivity index (χ4v) is 5.62. The first-order valence-corrected chi connectivity index (χ1v) is 13.5. The van der Waals surface area contributed by atoms with E-state index in [0.717, 1.165) is 14.7 Å². The quantitative estimate of drug-likeness (QED) is 0.249. The van der Waals surface area contributed by atoms with Crippen molar-refractivity contribution in [3.8, 4) is 0 Å². The van der Waals surface area contributed by atoms with E-state index in [9.17, 15) is 14.7 Å². The van der Waals surface area contributed by atoms with Crippen LogP contribution in [0.1, 0.15) is 48.2 Å². The fraction of sp³-hybridized carbons (Fsp3) is 0.280. The summed E-state index contributed by atoms with van der Waals surface area (Å²) in [6.07, 6.45) is 11.2. The van der Waals surface area contributed by atoms with Gasteiger partial charge < -0.3 is 19.2 Å². The molecule has 4 aromatic rings. The lowest BCUT2D eigenvalue weighted by atomic mass is 10.1. The average molecular weight is 647 g/mol. The number of carboxylic acids is 1. The highest BCUT2D eigenvalue weighted by Gasteiger charge is 2.33. The van der Waals surface area contributed by atoms with E-state index < -0.39 is 12.0 Å². The van der Waals surface area contributed by atoms with Gasteiger partial charge in [0.15, 0.2) is 0 Å². The van der Waals surface area contributed by atoms with E-state index in [1.54, 1.807) is 35.8 Å². The minimum atomic E-state index is -0.967. The lowest BCUT2D eigenvalue weighted by Crippen LogP contribution is -2.43. The van der Waals surface area contributed by atoms with Gasteiger partial charge in [0.1, 0.15) is 17.4 Å². The first-order valence-electron chi connectivity index (χ1n) is 12.1. The maximum atomic E-state index is 13.1. The second kappa shape index (κ2) is 9.75. The number of carbonyl (C=O) groups excluding carboxylic acids is 1. The predicted octanol–water partition coefficient (Wildman–Crippen LogP) is 3.46. The summed E-state index contributed by atoms with van der Waals surface area (Å²) in [7, 11) is 1.72. The summed E-state index contributed by atoms with van der Waals surface area (Å²) in [6, 6.07) is 5.21. The molecular formula is C25H24ClIN8O3. The Morgan fingerprint density at radius 2 is 2.08 bits per heavy atom. The van der Waals surface area contributed by atoms with E-state index in [2.05, 4.69) is 50.6 Å². The highest BCUT2D eigenvalue weighted by atomic mass is 127. The van der Waals surface area contributed by atoms with E-state index in [1.165, 1.54) is 18.4 Å². The molecule has 4 aromatic heterocycles. The number of carbonyl (C=O) groups is 2. The van der Waals surface area contributed by atoms with Crippen LogP contribution in [0.2, 0.25) is 5.02 Å². The topological polar surface area (TPSA) is 120 Å². The molecule has 1 atom stereocenters. The minimum absolute atomic E-state index is 0.197. The Morgan fingerprint density at radius 3 is 2.84 bits per heavy atom. The normalized spacial score (nSPS) is 16.6. The van der Waals surface area contributed by atoms with Crippen molar-refractivity contribution in [2.45, 2.75) is 37.8 Å². The third kappa shape index (κ3) is 4.67. The average Bonchev–Trinajstić information content (AvgIpc) is 3.34. The summed E-state index contributed by atoms with van der Waals surface area (Å²) >= 11 is 8.43. The molecule has 38 heavy (non-hydrogen) atoms. The number of hydrazine groups is 2. The van der Waals surface area contributed by atoms with Gasteiger partial charge in [0, 0.05) is 31.8 Å². The van der Waals surface area contributed by atoms with Crippen LogP contribution >= 0.6 is 34.2 Å². The lowest BCUT2D eigenvalue weighted by Gasteiger charge is -2.31. The van der Waals surface area contributed by atoms with Crippen molar-refractivity contribution in [2.75, 3.05) is 7.05 Å². The molecule has 1 amide bonds. The highest BCUT2D eigenvalue weighted by Crippen LogP contribution is 2.40. The second-order valence-corrected chi connectivity index (χ2v) is 10.9. The molecule has 0 radical (unpaired) electrons. The number of hydrogen-bond donors (Lipinski definition) is 3. The van der Waals surface area contributed by atoms with Gasteiger partial charge in [-0.2, -0.15) is 0 Å². The molecule has 1 fully saturated rings. The molecule has 0 saturated heterocycles. The van der Waals surface area contributed by atoms with Gasteiger partial charge in [-0.3, -0.25) is 20.0 Å². The van der Waals surface area contributed by atoms with Crippen molar-refractivity contribution in [3.05, 3.63) is 80.6 Å². The van der Waals surface area contributed by atoms with Crippen molar-refractivity contribution < 1.29 is 14.7 Å². The van der Waals surface area contributed by atoms with Gasteiger partial charge >= 0.3 is 5.97 Å². The summed E-state index contributed by atoms with van der Waals surface area (Å²) in [6.45, 7) is 0.197. The first kappa shape index (κ1) is 24.9. The molecule has 3 N–H and O–H groups in total. The minimum Gasteiger partial charge on any atom is -0.481 e. The van der Waals surface area contributed by atoms with E-state index in [0.29, 0.717) is 22.3 Å². The van der Waals surface area contributed by atoms with Gasteiger partial charge in [-0.25, -0.2) is 9.97 Å². The number of rotatable bonds is 8. The monoisotopic (exact) mass is 646 g/mol. The number of imidazole rings is 2. The van der Waals surface area contributed by atoms with Crippen molar-refractivity contribution in [3.63, 3.8) is 0 Å². The number of aromatic nitrogens is 4. The van der Waals surface area contributed by atoms with Crippen LogP contribution in [-0.4, -0.2) is 52.9 Å². The Morgan fingerprint density at radius 1 is 1.26 bits per heavy atom. The Balaban J connectivity index is 1.23. The number of nitrogens with zero attached hydrogens (tertiary/aromatic N) is 6. The van der Waals surface area contributed by atoms with Crippen LogP contribution in [0.5, 0.6) is 0 Å². The molecule has 1 aliphatic carbocycles. The molecule has 0 bridgehead atoms. The maximum Gasteiger partial charge on any atom is 0.305 e. The Bertz CT molecular complexity index is 1610. The highest BCUT2D eigenvalue weighted by molar-refractivity contribution is 14.1. The summed E-state index contributed by atoms with van der Waals surface area (Å²) in [5, 5.41) is 16.4. The number of fused-ring (bicyclic) bond motifs is 2. The third-order valence-electron chi connectivity index (χ3n) is 6.79. The molecule has 5 heterocycles. The molecule has 2 aliphatic rings. The van der Waals surface area contributed by atoms with Crippen LogP contribution in [0.25, 0.3) is 11.2 Å². The Hall–Kier alpha value is -3.36. The molecule has 11 nitrogen and oxygen atoms in total. The summed E-state index contributed by atoms with van der Waals surface area (Å²) in [4.78, 5) is 34.0. The molecular weight excluding hydrogens is 623 g/mol. The van der Waals surface area contributed by atoms with Gasteiger partial charge in [0.05, 0.1) is 44.8 Å². The van der Waals surface area contributed by atoms with Gasteiger partial charge in [0.2, 0.25) is 0 Å². The first-order chi connectivity index (χ1) is 18.3. The molecule has 1 saturated carbocycles. The molecule has 0 aromatic carbocycles. The van der Waals surface area contributed by atoms with E-state index in [1.807, 2.05) is 27.3 Å². The number of aliphatic carboxylic acids is 1. The van der Waals surface area contributed by atoms with Crippen molar-refractivity contribution >= 4 is 57.2 Å². The van der Waals surface area contributed by atoms with Crippen LogP contribution in [0.3, 0.4) is 0 Å². The van der Waals surface area contributed by atoms with E-state index in [4.69, 9.17) is 16.6 Å². The van der Waals surface area contributed by atoms with Crippen LogP contribution in [-0.2, 0) is 16.1 Å². The van der Waals surface area contributed by atoms with E-state index >= 15 is 0 Å². The zero-order chi connectivity index (χ0) is 26.6. The Labute approximate surface area is 236 Å². The van der Waals surface area contributed by atoms with Gasteiger partial charge in [0.25, 0.3) is 5.91 Å². The summed E-state index contributed by atoms with van der Waals surface area (Å²) in [5.41, 5.74) is 7.43. The molecule has 1 aliphatic heterocycles. The summed E-state index contributed by atoms with van der Waals surface area (Å²) < 4.78 is 4.66. The zero-order valence-corrected chi connectivity index (χ0v) is 23.2. The molecule has 196 valence electrons. The van der Waals surface area contributed by atoms with Crippen LogP contribution in [0.4, 0.5) is 0 Å². The smallest absolute Gasteiger partial charge is 0.305 e. The predicted molar refractivity (Wildman–Crippen MR) is 148 cm³/mol. The van der Waals surface area contributed by atoms with Crippen LogP contribution < -0.4 is 10.7 Å². The number of hydrogen-bond acceptors (Lipinski definition) is 7. The molecule has 13 heteroatoms. The van der Waals surface area contributed by atoms with Gasteiger partial charge in [-0.1, -0.05) is 17.7 Å². The van der Waals surface area contributed by atoms with Crippen molar-refractivity contribution in [1.82, 2.24) is 39.6 Å². The molecule has 0 spiro atoms. The summed E-state index contributed by atoms with van der Waals surface area (Å²) in [5.74, 6) is -0.723. The van der Waals surface area contributed by atoms with Crippen molar-refractivity contribution in [1.29, 1.82) is 0 Å². The van der Waals surface area contributed by atoms with Crippen LogP contribution in [0, 0.1) is 3.57 Å². The van der Waals surface area contributed by atoms with Crippen LogP contribution in [0.15, 0.2) is 55.0 Å². The van der Waals surface area contributed by atoms with E-state index in [-0.39, 0.29) is 24.6 Å².